The van der Waals surface area contributed by atoms with E-state index in [0.29, 0.717) is 5.69 Å². The van der Waals surface area contributed by atoms with Crippen molar-refractivity contribution < 1.29 is 22.7 Å². The van der Waals surface area contributed by atoms with E-state index in [1.54, 1.807) is 6.92 Å². The van der Waals surface area contributed by atoms with Crippen molar-refractivity contribution in [2.75, 3.05) is 19.0 Å². The highest BCUT2D eigenvalue weighted by molar-refractivity contribution is 7.89. The summed E-state index contributed by atoms with van der Waals surface area (Å²) in [7, 11) is -2.15. The lowest BCUT2D eigenvalue weighted by Gasteiger charge is -2.17. The number of hydrogen-bond donors (Lipinski definition) is 1. The second-order valence-corrected chi connectivity index (χ2v) is 7.89. The highest BCUT2D eigenvalue weighted by atomic mass is 32.2. The number of rotatable bonds is 8. The minimum absolute atomic E-state index is 0.117. The summed E-state index contributed by atoms with van der Waals surface area (Å²) in [4.78, 5) is 23.1. The van der Waals surface area contributed by atoms with Crippen molar-refractivity contribution in [2.24, 2.45) is 0 Å². The van der Waals surface area contributed by atoms with Gasteiger partial charge in [0.15, 0.2) is 0 Å². The van der Waals surface area contributed by atoms with E-state index in [9.17, 15) is 18.0 Å². The van der Waals surface area contributed by atoms with Crippen LogP contribution in [0.4, 0.5) is 5.69 Å². The van der Waals surface area contributed by atoms with Gasteiger partial charge in [0.1, 0.15) is 0 Å². The Kier molecular flexibility index (Phi) is 7.48. The lowest BCUT2D eigenvalue weighted by atomic mass is 10.2. The Labute approximate surface area is 164 Å². The topological polar surface area (TPSA) is 92.8 Å². The minimum atomic E-state index is -3.66. The molecule has 0 unspecified atom stereocenters. The molecule has 2 aromatic rings. The normalized spacial score (nSPS) is 11.5. The van der Waals surface area contributed by atoms with Crippen LogP contribution in [0.2, 0.25) is 0 Å². The molecule has 0 heterocycles. The molecule has 0 atom stereocenters. The number of sulfonamides is 1. The molecule has 7 nitrogen and oxygen atoms in total. The van der Waals surface area contributed by atoms with Crippen molar-refractivity contribution in [1.82, 2.24) is 4.31 Å². The summed E-state index contributed by atoms with van der Waals surface area (Å²) in [6.07, 6.45) is 2.08. The molecule has 2 aromatic carbocycles. The first-order valence-electron chi connectivity index (χ1n) is 8.59. The van der Waals surface area contributed by atoms with E-state index in [1.165, 1.54) is 35.6 Å². The molecular formula is C20H22N2O5S. The standard InChI is InChI=1S/C20H22N2O5S/c1-3-27-20(24)14-13-19(23)21-17-9-11-18(12-10-17)28(25,26)22(2)15-16-7-5-4-6-8-16/h4-14H,3,15H2,1-2H3,(H,21,23)/b14-13+. The average molecular weight is 402 g/mol. The third kappa shape index (κ3) is 6.04. The summed E-state index contributed by atoms with van der Waals surface area (Å²) < 4.78 is 31.3. The number of nitrogens with one attached hydrogen (secondary N) is 1. The van der Waals surface area contributed by atoms with Crippen LogP contribution in [0.5, 0.6) is 0 Å². The van der Waals surface area contributed by atoms with Gasteiger partial charge >= 0.3 is 5.97 Å². The minimum Gasteiger partial charge on any atom is -0.463 e. The van der Waals surface area contributed by atoms with Crippen LogP contribution >= 0.6 is 0 Å². The van der Waals surface area contributed by atoms with E-state index in [0.717, 1.165) is 17.7 Å². The molecule has 0 saturated heterocycles. The molecule has 0 aromatic heterocycles. The van der Waals surface area contributed by atoms with E-state index in [-0.39, 0.29) is 18.0 Å². The van der Waals surface area contributed by atoms with Crippen molar-refractivity contribution in [2.45, 2.75) is 18.4 Å². The first-order valence-corrected chi connectivity index (χ1v) is 10.0. The van der Waals surface area contributed by atoms with Crippen LogP contribution < -0.4 is 5.32 Å². The molecule has 8 heteroatoms. The van der Waals surface area contributed by atoms with Crippen LogP contribution in [0.25, 0.3) is 0 Å². The van der Waals surface area contributed by atoms with Crippen molar-refractivity contribution >= 4 is 27.6 Å². The van der Waals surface area contributed by atoms with Crippen molar-refractivity contribution in [3.05, 3.63) is 72.3 Å². The van der Waals surface area contributed by atoms with Gasteiger partial charge in [-0.25, -0.2) is 13.2 Å². The molecule has 0 aliphatic rings. The maximum Gasteiger partial charge on any atom is 0.330 e. The van der Waals surface area contributed by atoms with E-state index in [1.807, 2.05) is 30.3 Å². The third-order valence-electron chi connectivity index (χ3n) is 3.74. The average Bonchev–Trinajstić information content (AvgIpc) is 2.68. The van der Waals surface area contributed by atoms with Gasteiger partial charge in [0, 0.05) is 31.4 Å². The van der Waals surface area contributed by atoms with Crippen LogP contribution in [0.1, 0.15) is 12.5 Å². The molecule has 0 aliphatic carbocycles. The molecule has 0 saturated carbocycles. The van der Waals surface area contributed by atoms with E-state index in [4.69, 9.17) is 0 Å². The maximum absolute atomic E-state index is 12.7. The predicted molar refractivity (Wildman–Crippen MR) is 106 cm³/mol. The van der Waals surface area contributed by atoms with Crippen LogP contribution in [-0.2, 0) is 30.9 Å². The summed E-state index contributed by atoms with van der Waals surface area (Å²) in [6.45, 7) is 2.14. The van der Waals surface area contributed by atoms with Gasteiger partial charge in [-0.1, -0.05) is 30.3 Å². The number of carbonyl (C=O) groups excluding carboxylic acids is 2. The van der Waals surface area contributed by atoms with E-state index in [2.05, 4.69) is 10.1 Å². The third-order valence-corrected chi connectivity index (χ3v) is 5.55. The molecule has 148 valence electrons. The van der Waals surface area contributed by atoms with Crippen molar-refractivity contribution in [1.29, 1.82) is 0 Å². The lowest BCUT2D eigenvalue weighted by molar-refractivity contribution is -0.137. The first-order chi connectivity index (χ1) is 13.3. The van der Waals surface area contributed by atoms with Gasteiger partial charge in [0.05, 0.1) is 11.5 Å². The first kappa shape index (κ1) is 21.3. The van der Waals surface area contributed by atoms with Crippen LogP contribution in [0.15, 0.2) is 71.6 Å². The molecular weight excluding hydrogens is 380 g/mol. The second-order valence-electron chi connectivity index (χ2n) is 5.85. The molecule has 0 spiro atoms. The fraction of sp³-hybridized carbons (Fsp3) is 0.200. The summed E-state index contributed by atoms with van der Waals surface area (Å²) in [5.74, 6) is -1.13. The summed E-state index contributed by atoms with van der Waals surface area (Å²) in [5.41, 5.74) is 1.29. The van der Waals surface area contributed by atoms with Gasteiger partial charge in [0.25, 0.3) is 0 Å². The van der Waals surface area contributed by atoms with Crippen molar-refractivity contribution in [3.63, 3.8) is 0 Å². The molecule has 0 bridgehead atoms. The predicted octanol–water partition coefficient (Wildman–Crippen LogP) is 2.57. The van der Waals surface area contributed by atoms with Gasteiger partial charge in [-0.2, -0.15) is 4.31 Å². The van der Waals surface area contributed by atoms with E-state index < -0.39 is 21.9 Å². The van der Waals surface area contributed by atoms with Gasteiger partial charge in [0.2, 0.25) is 15.9 Å². The molecule has 0 radical (unpaired) electrons. The zero-order chi connectivity index (χ0) is 20.6. The molecule has 1 amide bonds. The highest BCUT2D eigenvalue weighted by Crippen LogP contribution is 2.19. The number of nitrogens with zero attached hydrogens (tertiary/aromatic N) is 1. The summed E-state index contributed by atoms with van der Waals surface area (Å²) >= 11 is 0. The molecule has 28 heavy (non-hydrogen) atoms. The Bertz CT molecular complexity index is 938. The van der Waals surface area contributed by atoms with Crippen LogP contribution in [0, 0.1) is 0 Å². The Balaban J connectivity index is 2.02. The van der Waals surface area contributed by atoms with Crippen molar-refractivity contribution in [3.8, 4) is 0 Å². The van der Waals surface area contributed by atoms with Crippen LogP contribution in [0.3, 0.4) is 0 Å². The monoisotopic (exact) mass is 402 g/mol. The van der Waals surface area contributed by atoms with Gasteiger partial charge in [-0.05, 0) is 36.8 Å². The quantitative estimate of drug-likeness (QED) is 0.541. The number of amides is 1. The Hall–Kier alpha value is -2.97. The molecule has 1 N–H and O–H groups in total. The van der Waals surface area contributed by atoms with E-state index >= 15 is 0 Å². The number of esters is 1. The van der Waals surface area contributed by atoms with Crippen LogP contribution in [-0.4, -0.2) is 38.3 Å². The Morgan fingerprint density at radius 3 is 2.29 bits per heavy atom. The molecule has 0 fully saturated rings. The highest BCUT2D eigenvalue weighted by Gasteiger charge is 2.20. The van der Waals surface area contributed by atoms with Gasteiger partial charge in [-0.3, -0.25) is 4.79 Å². The number of benzene rings is 2. The number of ether oxygens (including phenoxy) is 1. The fourth-order valence-electron chi connectivity index (χ4n) is 2.33. The van der Waals surface area contributed by atoms with Gasteiger partial charge < -0.3 is 10.1 Å². The number of anilines is 1. The SMILES string of the molecule is CCOC(=O)/C=C/C(=O)Nc1ccc(S(=O)(=O)N(C)Cc2ccccc2)cc1. The smallest absolute Gasteiger partial charge is 0.330 e. The number of hydrogen-bond acceptors (Lipinski definition) is 5. The number of carbonyl (C=O) groups is 2. The summed E-state index contributed by atoms with van der Waals surface area (Å²) in [5, 5.41) is 2.55. The second kappa shape index (κ2) is 9.82. The molecule has 0 aliphatic heterocycles. The fourth-order valence-corrected chi connectivity index (χ4v) is 3.49. The lowest BCUT2D eigenvalue weighted by Crippen LogP contribution is -2.26. The zero-order valence-corrected chi connectivity index (χ0v) is 16.5. The van der Waals surface area contributed by atoms with Gasteiger partial charge in [-0.15, -0.1) is 0 Å². The maximum atomic E-state index is 12.7. The molecule has 2 rings (SSSR count). The Morgan fingerprint density at radius 1 is 1.04 bits per heavy atom. The largest absolute Gasteiger partial charge is 0.463 e. The Morgan fingerprint density at radius 2 is 1.68 bits per heavy atom. The summed E-state index contributed by atoms with van der Waals surface area (Å²) in [6, 6.07) is 15.1. The zero-order valence-electron chi connectivity index (χ0n) is 15.7.